The number of aromatic nitrogens is 2. The van der Waals surface area contributed by atoms with E-state index in [4.69, 9.17) is 0 Å². The van der Waals surface area contributed by atoms with Gasteiger partial charge in [-0.2, -0.15) is 0 Å². The number of hydrogen-bond donors (Lipinski definition) is 0. The number of nitrogens with zero attached hydrogens (tertiary/aromatic N) is 5. The Balaban J connectivity index is 1.09. The van der Waals surface area contributed by atoms with Crippen molar-refractivity contribution in [1.29, 1.82) is 0 Å². The van der Waals surface area contributed by atoms with Crippen LogP contribution in [-0.4, -0.2) is 80.7 Å². The molecule has 0 saturated carbocycles. The van der Waals surface area contributed by atoms with E-state index in [-0.39, 0.29) is 36.0 Å². The number of thiazole rings is 1. The summed E-state index contributed by atoms with van der Waals surface area (Å²) in [5, 5.41) is 2.98. The van der Waals surface area contributed by atoms with Crippen LogP contribution in [0.3, 0.4) is 0 Å². The molecule has 0 radical (unpaired) electrons. The minimum absolute atomic E-state index is 0.0286. The normalized spacial score (nSPS) is 17.2. The molecule has 37 heavy (non-hydrogen) atoms. The number of fused-ring (bicyclic) bond motifs is 1. The van der Waals surface area contributed by atoms with E-state index < -0.39 is 0 Å². The van der Waals surface area contributed by atoms with Crippen molar-refractivity contribution in [3.05, 3.63) is 82.7 Å². The Labute approximate surface area is 216 Å². The van der Waals surface area contributed by atoms with Gasteiger partial charge in [-0.05, 0) is 48.5 Å². The molecule has 2 aliphatic heterocycles. The van der Waals surface area contributed by atoms with Crippen LogP contribution in [0, 0.1) is 5.82 Å². The summed E-state index contributed by atoms with van der Waals surface area (Å²) in [4.78, 5) is 47.7. The van der Waals surface area contributed by atoms with E-state index in [0.717, 1.165) is 16.6 Å². The number of hydrogen-bond acceptors (Lipinski definition) is 6. The summed E-state index contributed by atoms with van der Waals surface area (Å²) in [6.07, 6.45) is 3.74. The minimum Gasteiger partial charge on any atom is -0.335 e. The smallest absolute Gasteiger partial charge is 0.289 e. The molecule has 2 aromatic carbocycles. The van der Waals surface area contributed by atoms with Gasteiger partial charge >= 0.3 is 0 Å². The average molecular weight is 518 g/mol. The topological polar surface area (TPSA) is 78.8 Å². The Kier molecular flexibility index (Phi) is 6.05. The highest BCUT2D eigenvalue weighted by Crippen LogP contribution is 2.25. The summed E-state index contributed by atoms with van der Waals surface area (Å²) >= 11 is 1.23. The van der Waals surface area contributed by atoms with Crippen molar-refractivity contribution in [3.63, 3.8) is 0 Å². The molecular formula is C27H24FN5O3S. The third kappa shape index (κ3) is 4.42. The lowest BCUT2D eigenvalue weighted by molar-refractivity contribution is -0.127. The van der Waals surface area contributed by atoms with Crippen molar-refractivity contribution >= 4 is 40.0 Å². The number of benzene rings is 2. The van der Waals surface area contributed by atoms with E-state index in [9.17, 15) is 18.8 Å². The van der Waals surface area contributed by atoms with Crippen LogP contribution in [0.1, 0.15) is 26.6 Å². The predicted octanol–water partition coefficient (Wildman–Crippen LogP) is 3.43. The molecule has 6 rings (SSSR count). The minimum atomic E-state index is -0.337. The van der Waals surface area contributed by atoms with Gasteiger partial charge < -0.3 is 9.47 Å². The van der Waals surface area contributed by atoms with Gasteiger partial charge in [0.05, 0.1) is 5.52 Å². The van der Waals surface area contributed by atoms with Gasteiger partial charge in [0, 0.05) is 79.6 Å². The summed E-state index contributed by atoms with van der Waals surface area (Å²) in [7, 11) is 0. The van der Waals surface area contributed by atoms with E-state index in [0.29, 0.717) is 43.3 Å². The highest BCUT2D eigenvalue weighted by molar-refractivity contribution is 7.11. The van der Waals surface area contributed by atoms with Crippen LogP contribution < -0.4 is 0 Å². The third-order valence-electron chi connectivity index (χ3n) is 7.09. The number of carbonyl (C=O) groups excluding carboxylic acids is 3. The van der Waals surface area contributed by atoms with Crippen LogP contribution in [0.2, 0.25) is 0 Å². The molecule has 188 valence electrons. The fourth-order valence-corrected chi connectivity index (χ4v) is 5.58. The highest BCUT2D eigenvalue weighted by Gasteiger charge is 2.37. The SMILES string of the molecule is O=C(c1ccc2c(ccn2-c2ccc(F)cc2)c1)N1CC(N2CCC(=O)N(C(=O)c3nccs3)CC2)C1. The molecule has 0 atom stereocenters. The molecule has 0 spiro atoms. The largest absolute Gasteiger partial charge is 0.335 e. The van der Waals surface area contributed by atoms with Crippen molar-refractivity contribution in [3.8, 4) is 5.69 Å². The molecule has 2 aliphatic rings. The molecule has 2 fully saturated rings. The van der Waals surface area contributed by atoms with Gasteiger partial charge in [-0.1, -0.05) is 0 Å². The first-order chi connectivity index (χ1) is 18.0. The molecule has 3 amide bonds. The third-order valence-corrected chi connectivity index (χ3v) is 7.85. The molecule has 0 N–H and O–H groups in total. The molecule has 0 bridgehead atoms. The number of halogens is 1. The predicted molar refractivity (Wildman–Crippen MR) is 137 cm³/mol. The van der Waals surface area contributed by atoms with Crippen LogP contribution in [0.15, 0.2) is 66.3 Å². The standard InChI is InChI=1S/C27H24FN5O3S/c28-20-2-4-21(5-3-20)32-11-7-18-15-19(1-6-23(18)32)26(35)31-16-22(17-31)30-10-8-24(34)33(13-12-30)27(36)25-29-9-14-37-25/h1-7,9,11,14-15,22H,8,10,12-13,16-17H2. The van der Waals surface area contributed by atoms with Crippen molar-refractivity contribution in [1.82, 2.24) is 24.3 Å². The Hall–Kier alpha value is -3.89. The Morgan fingerprint density at radius 1 is 0.973 bits per heavy atom. The first-order valence-corrected chi connectivity index (χ1v) is 13.0. The van der Waals surface area contributed by atoms with Crippen LogP contribution in [0.25, 0.3) is 16.6 Å². The van der Waals surface area contributed by atoms with Gasteiger partial charge in [0.1, 0.15) is 5.82 Å². The van der Waals surface area contributed by atoms with E-state index in [1.807, 2.05) is 39.9 Å². The zero-order valence-corrected chi connectivity index (χ0v) is 20.7. The first kappa shape index (κ1) is 23.5. The average Bonchev–Trinajstić information content (AvgIpc) is 3.52. The molecule has 4 heterocycles. The molecule has 0 aliphatic carbocycles. The summed E-state index contributed by atoms with van der Waals surface area (Å²) < 4.78 is 15.3. The fraction of sp³-hybridized carbons (Fsp3) is 0.259. The number of rotatable bonds is 4. The summed E-state index contributed by atoms with van der Waals surface area (Å²) in [6.45, 7) is 2.64. The first-order valence-electron chi connectivity index (χ1n) is 12.1. The molecule has 8 nitrogen and oxygen atoms in total. The van der Waals surface area contributed by atoms with Crippen LogP contribution in [0.5, 0.6) is 0 Å². The van der Waals surface area contributed by atoms with Gasteiger partial charge in [0.2, 0.25) is 5.91 Å². The maximum absolute atomic E-state index is 13.3. The van der Waals surface area contributed by atoms with Crippen molar-refractivity contribution in [2.24, 2.45) is 0 Å². The van der Waals surface area contributed by atoms with Crippen molar-refractivity contribution < 1.29 is 18.8 Å². The molecule has 2 saturated heterocycles. The second kappa shape index (κ2) is 9.53. The Morgan fingerprint density at radius 3 is 2.54 bits per heavy atom. The Morgan fingerprint density at radius 2 is 1.78 bits per heavy atom. The van der Waals surface area contributed by atoms with Crippen molar-refractivity contribution in [2.45, 2.75) is 12.5 Å². The molecular weight excluding hydrogens is 493 g/mol. The fourth-order valence-electron chi connectivity index (χ4n) is 5.00. The second-order valence-corrected chi connectivity index (χ2v) is 10.2. The zero-order valence-electron chi connectivity index (χ0n) is 19.9. The zero-order chi connectivity index (χ0) is 25.5. The lowest BCUT2D eigenvalue weighted by Gasteiger charge is -2.45. The van der Waals surface area contributed by atoms with Crippen LogP contribution in [0.4, 0.5) is 4.39 Å². The lowest BCUT2D eigenvalue weighted by atomic mass is 10.0. The van der Waals surface area contributed by atoms with Crippen molar-refractivity contribution in [2.75, 3.05) is 32.7 Å². The molecule has 2 aromatic heterocycles. The van der Waals surface area contributed by atoms with Gasteiger partial charge in [0.15, 0.2) is 5.01 Å². The summed E-state index contributed by atoms with van der Waals surface area (Å²) in [6, 6.07) is 14.0. The van der Waals surface area contributed by atoms with Gasteiger partial charge in [0.25, 0.3) is 11.8 Å². The monoisotopic (exact) mass is 517 g/mol. The number of amides is 3. The van der Waals surface area contributed by atoms with E-state index in [2.05, 4.69) is 9.88 Å². The van der Waals surface area contributed by atoms with Crippen LogP contribution in [-0.2, 0) is 4.79 Å². The van der Waals surface area contributed by atoms with E-state index in [1.165, 1.54) is 28.4 Å². The van der Waals surface area contributed by atoms with Crippen LogP contribution >= 0.6 is 11.3 Å². The number of carbonyl (C=O) groups is 3. The maximum Gasteiger partial charge on any atom is 0.289 e. The van der Waals surface area contributed by atoms with Gasteiger partial charge in [-0.3, -0.25) is 24.2 Å². The molecule has 0 unspecified atom stereocenters. The highest BCUT2D eigenvalue weighted by atomic mass is 32.1. The quantitative estimate of drug-likeness (QED) is 0.388. The van der Waals surface area contributed by atoms with E-state index >= 15 is 0 Å². The van der Waals surface area contributed by atoms with Gasteiger partial charge in [-0.15, -0.1) is 11.3 Å². The Bertz CT molecular complexity index is 1480. The molecule has 4 aromatic rings. The lowest BCUT2D eigenvalue weighted by Crippen LogP contribution is -2.61. The number of imide groups is 1. The summed E-state index contributed by atoms with van der Waals surface area (Å²) in [5.74, 6) is -0.833. The number of likely N-dealkylation sites (tertiary alicyclic amines) is 1. The van der Waals surface area contributed by atoms with E-state index in [1.54, 1.807) is 23.7 Å². The summed E-state index contributed by atoms with van der Waals surface area (Å²) in [5.41, 5.74) is 2.41. The molecule has 10 heteroatoms. The second-order valence-electron chi connectivity index (χ2n) is 9.27. The maximum atomic E-state index is 13.3. The van der Waals surface area contributed by atoms with Gasteiger partial charge in [-0.25, -0.2) is 9.37 Å².